The number of aliphatic carboxylic acids is 1. The Kier molecular flexibility index (Phi) is 3.70. The van der Waals surface area contributed by atoms with Crippen molar-refractivity contribution in [2.24, 2.45) is 0 Å². The number of carboxylic acids is 1. The van der Waals surface area contributed by atoms with Crippen LogP contribution in [0.2, 0.25) is 0 Å². The molecule has 6 nitrogen and oxygen atoms in total. The fourth-order valence-electron chi connectivity index (χ4n) is 1.64. The molecule has 0 aliphatic carbocycles. The van der Waals surface area contributed by atoms with E-state index in [4.69, 9.17) is 14.6 Å². The van der Waals surface area contributed by atoms with E-state index in [0.29, 0.717) is 0 Å². The predicted molar refractivity (Wildman–Crippen MR) is 68.0 cm³/mol. The van der Waals surface area contributed by atoms with Crippen LogP contribution in [-0.4, -0.2) is 34.6 Å². The average molecular weight is 262 g/mol. The second kappa shape index (κ2) is 5.43. The van der Waals surface area contributed by atoms with E-state index in [0.717, 1.165) is 17.1 Å². The number of hydrogen-bond donors (Lipinski definition) is 1. The molecule has 2 rings (SSSR count). The molecule has 2 aromatic rings. The third-order valence-electron chi connectivity index (χ3n) is 2.53. The normalized spacial score (nSPS) is 10.2. The minimum Gasteiger partial charge on any atom is -0.497 e. The summed E-state index contributed by atoms with van der Waals surface area (Å²) in [6, 6.07) is 9.06. The first-order valence-electron chi connectivity index (χ1n) is 5.66. The monoisotopic (exact) mass is 262 g/mol. The number of aryl methyl sites for hydroxylation is 1. The van der Waals surface area contributed by atoms with Crippen LogP contribution >= 0.6 is 0 Å². The van der Waals surface area contributed by atoms with E-state index in [1.165, 1.54) is 0 Å². The molecule has 0 radical (unpaired) electrons. The van der Waals surface area contributed by atoms with Crippen molar-refractivity contribution in [2.45, 2.75) is 6.92 Å². The van der Waals surface area contributed by atoms with Gasteiger partial charge in [0.25, 0.3) is 0 Å². The molecule has 0 unspecified atom stereocenters. The minimum atomic E-state index is -1.03. The molecule has 0 aliphatic rings. The maximum Gasteiger partial charge on any atom is 0.341 e. The highest BCUT2D eigenvalue weighted by molar-refractivity contribution is 5.68. The van der Waals surface area contributed by atoms with Crippen LogP contribution < -0.4 is 9.47 Å². The van der Waals surface area contributed by atoms with E-state index in [1.807, 2.05) is 31.2 Å². The van der Waals surface area contributed by atoms with Crippen molar-refractivity contribution < 1.29 is 19.4 Å². The quantitative estimate of drug-likeness (QED) is 0.887. The summed E-state index contributed by atoms with van der Waals surface area (Å²) >= 11 is 0. The van der Waals surface area contributed by atoms with Gasteiger partial charge in [-0.1, -0.05) is 0 Å². The molecule has 1 heterocycles. The lowest BCUT2D eigenvalue weighted by atomic mass is 10.3. The molecular weight excluding hydrogens is 248 g/mol. The molecule has 1 aromatic carbocycles. The molecule has 100 valence electrons. The summed E-state index contributed by atoms with van der Waals surface area (Å²) in [6.07, 6.45) is 0. The zero-order valence-corrected chi connectivity index (χ0v) is 10.7. The Hall–Kier alpha value is -2.50. The third-order valence-corrected chi connectivity index (χ3v) is 2.53. The Morgan fingerprint density at radius 2 is 2.05 bits per heavy atom. The van der Waals surface area contributed by atoms with Crippen LogP contribution in [-0.2, 0) is 4.79 Å². The second-order valence-electron chi connectivity index (χ2n) is 3.92. The van der Waals surface area contributed by atoms with Gasteiger partial charge in [-0.25, -0.2) is 9.48 Å². The van der Waals surface area contributed by atoms with E-state index in [2.05, 4.69) is 5.10 Å². The highest BCUT2D eigenvalue weighted by atomic mass is 16.5. The number of rotatable bonds is 5. The molecule has 1 aromatic heterocycles. The molecule has 0 bridgehead atoms. The van der Waals surface area contributed by atoms with E-state index < -0.39 is 12.6 Å². The van der Waals surface area contributed by atoms with Gasteiger partial charge in [0.15, 0.2) is 6.61 Å². The van der Waals surface area contributed by atoms with E-state index in [1.54, 1.807) is 17.9 Å². The number of hydrogen-bond acceptors (Lipinski definition) is 4. The van der Waals surface area contributed by atoms with Crippen molar-refractivity contribution in [3.63, 3.8) is 0 Å². The largest absolute Gasteiger partial charge is 0.497 e. The Bertz CT molecular complexity index is 575. The highest BCUT2D eigenvalue weighted by Crippen LogP contribution is 2.19. The number of benzene rings is 1. The smallest absolute Gasteiger partial charge is 0.341 e. The molecule has 0 saturated carbocycles. The number of ether oxygens (including phenoxy) is 2. The molecule has 0 aliphatic heterocycles. The standard InChI is InChI=1S/C13H14N2O4/c1-9-7-12(19-8-13(16)17)14-15(9)10-3-5-11(18-2)6-4-10/h3-7H,8H2,1-2H3,(H,16,17). The average Bonchev–Trinajstić information content (AvgIpc) is 2.78. The molecule has 19 heavy (non-hydrogen) atoms. The minimum absolute atomic E-state index is 0.288. The molecular formula is C13H14N2O4. The molecule has 0 saturated heterocycles. The molecule has 1 N–H and O–H groups in total. The van der Waals surface area contributed by atoms with Gasteiger partial charge >= 0.3 is 5.97 Å². The van der Waals surface area contributed by atoms with Gasteiger partial charge < -0.3 is 14.6 Å². The van der Waals surface area contributed by atoms with Crippen molar-refractivity contribution in [1.29, 1.82) is 0 Å². The topological polar surface area (TPSA) is 73.6 Å². The first kappa shape index (κ1) is 12.9. The van der Waals surface area contributed by atoms with Crippen molar-refractivity contribution in [2.75, 3.05) is 13.7 Å². The van der Waals surface area contributed by atoms with Crippen molar-refractivity contribution in [3.05, 3.63) is 36.0 Å². The number of aromatic nitrogens is 2. The van der Waals surface area contributed by atoms with Crippen molar-refractivity contribution in [1.82, 2.24) is 9.78 Å². The van der Waals surface area contributed by atoms with Gasteiger partial charge in [0, 0.05) is 11.8 Å². The summed E-state index contributed by atoms with van der Waals surface area (Å²) in [5.74, 6) is 0.0169. The Morgan fingerprint density at radius 1 is 1.37 bits per heavy atom. The molecule has 0 spiro atoms. The van der Waals surface area contributed by atoms with Crippen LogP contribution in [0.25, 0.3) is 5.69 Å². The van der Waals surface area contributed by atoms with Crippen molar-refractivity contribution >= 4 is 5.97 Å². The van der Waals surface area contributed by atoms with Gasteiger partial charge in [-0.15, -0.1) is 5.10 Å². The number of methoxy groups -OCH3 is 1. The van der Waals surface area contributed by atoms with Crippen LogP contribution in [0.1, 0.15) is 5.69 Å². The van der Waals surface area contributed by atoms with Gasteiger partial charge in [-0.2, -0.15) is 0 Å². The van der Waals surface area contributed by atoms with Crippen LogP contribution in [0.3, 0.4) is 0 Å². The first-order chi connectivity index (χ1) is 9.10. The fourth-order valence-corrected chi connectivity index (χ4v) is 1.64. The van der Waals surface area contributed by atoms with E-state index in [9.17, 15) is 4.79 Å². The summed E-state index contributed by atoms with van der Waals surface area (Å²) in [6.45, 7) is 1.46. The van der Waals surface area contributed by atoms with Crippen LogP contribution in [0, 0.1) is 6.92 Å². The van der Waals surface area contributed by atoms with E-state index >= 15 is 0 Å². The molecule has 0 amide bonds. The number of carboxylic acid groups (broad SMARTS) is 1. The van der Waals surface area contributed by atoms with Crippen LogP contribution in [0.5, 0.6) is 11.6 Å². The summed E-state index contributed by atoms with van der Waals surface area (Å²) in [7, 11) is 1.60. The second-order valence-corrected chi connectivity index (χ2v) is 3.92. The Morgan fingerprint density at radius 3 is 2.63 bits per heavy atom. The summed E-state index contributed by atoms with van der Waals surface area (Å²) in [4.78, 5) is 10.4. The molecule has 0 fully saturated rings. The first-order valence-corrected chi connectivity index (χ1v) is 5.66. The lowest BCUT2D eigenvalue weighted by Crippen LogP contribution is -2.09. The van der Waals surface area contributed by atoms with Crippen LogP contribution in [0.15, 0.2) is 30.3 Å². The van der Waals surface area contributed by atoms with Gasteiger partial charge in [0.1, 0.15) is 5.75 Å². The lowest BCUT2D eigenvalue weighted by Gasteiger charge is -2.05. The van der Waals surface area contributed by atoms with Crippen molar-refractivity contribution in [3.8, 4) is 17.3 Å². The van der Waals surface area contributed by atoms with Crippen LogP contribution in [0.4, 0.5) is 0 Å². The van der Waals surface area contributed by atoms with Gasteiger partial charge in [-0.05, 0) is 31.2 Å². The Balaban J connectivity index is 2.21. The number of carbonyl (C=O) groups is 1. The predicted octanol–water partition coefficient (Wildman–Crippen LogP) is 1.65. The zero-order chi connectivity index (χ0) is 13.8. The Labute approximate surface area is 110 Å². The van der Waals surface area contributed by atoms with Gasteiger partial charge in [0.05, 0.1) is 12.8 Å². The SMILES string of the molecule is COc1ccc(-n2nc(OCC(=O)O)cc2C)cc1. The lowest BCUT2D eigenvalue weighted by molar-refractivity contribution is -0.139. The van der Waals surface area contributed by atoms with Gasteiger partial charge in [-0.3, -0.25) is 0 Å². The van der Waals surface area contributed by atoms with Gasteiger partial charge in [0.2, 0.25) is 5.88 Å². The highest BCUT2D eigenvalue weighted by Gasteiger charge is 2.08. The maximum atomic E-state index is 10.4. The fraction of sp³-hybridized carbons (Fsp3) is 0.231. The molecule has 6 heteroatoms. The zero-order valence-electron chi connectivity index (χ0n) is 10.7. The number of nitrogens with zero attached hydrogens (tertiary/aromatic N) is 2. The molecule has 0 atom stereocenters. The maximum absolute atomic E-state index is 10.4. The third kappa shape index (κ3) is 3.04. The summed E-state index contributed by atoms with van der Waals surface area (Å²) in [5, 5.41) is 12.7. The van der Waals surface area contributed by atoms with E-state index in [-0.39, 0.29) is 5.88 Å². The summed E-state index contributed by atoms with van der Waals surface area (Å²) in [5.41, 5.74) is 1.70. The summed E-state index contributed by atoms with van der Waals surface area (Å²) < 4.78 is 11.8.